The van der Waals surface area contributed by atoms with E-state index in [4.69, 9.17) is 4.74 Å². The maximum Gasteiger partial charge on any atom is 0.275 e. The van der Waals surface area contributed by atoms with Gasteiger partial charge in [-0.05, 0) is 67.8 Å². The zero-order valence-corrected chi connectivity index (χ0v) is 19.3. The number of sulfone groups is 1. The van der Waals surface area contributed by atoms with Gasteiger partial charge < -0.3 is 10.1 Å². The van der Waals surface area contributed by atoms with Crippen molar-refractivity contribution in [3.05, 3.63) is 78.4 Å². The van der Waals surface area contributed by atoms with Crippen molar-refractivity contribution in [1.29, 1.82) is 0 Å². The first-order chi connectivity index (χ1) is 16.9. The minimum atomic E-state index is -3.92. The highest BCUT2D eigenvalue weighted by molar-refractivity contribution is 7.91. The van der Waals surface area contributed by atoms with Crippen LogP contribution in [0.25, 0.3) is 10.9 Å². The van der Waals surface area contributed by atoms with Crippen LogP contribution < -0.4 is 10.7 Å². The highest BCUT2D eigenvalue weighted by atomic mass is 32.2. The molecule has 0 radical (unpaired) electrons. The number of ether oxygens (including phenoxy) is 1. The van der Waals surface area contributed by atoms with Gasteiger partial charge in [-0.1, -0.05) is 6.07 Å². The van der Waals surface area contributed by atoms with Crippen LogP contribution in [0.3, 0.4) is 0 Å². The number of benzene rings is 2. The molecule has 1 aliphatic heterocycles. The predicted molar refractivity (Wildman–Crippen MR) is 127 cm³/mol. The Bertz CT molecular complexity index is 1500. The number of nitrogens with zero attached hydrogens (tertiary/aromatic N) is 3. The summed E-state index contributed by atoms with van der Waals surface area (Å²) in [6, 6.07) is 12.5. The van der Waals surface area contributed by atoms with Gasteiger partial charge in [0.05, 0.1) is 27.1 Å². The molecule has 2 N–H and O–H groups in total. The lowest BCUT2D eigenvalue weighted by molar-refractivity contribution is 0.0340. The zero-order chi connectivity index (χ0) is 24.4. The van der Waals surface area contributed by atoms with Gasteiger partial charge in [0.15, 0.2) is 0 Å². The maximum atomic E-state index is 13.6. The Balaban J connectivity index is 1.39. The number of carbonyl (C=O) groups is 1. The second-order valence-corrected chi connectivity index (χ2v) is 10.0. The number of amides is 1. The molecule has 5 rings (SSSR count). The van der Waals surface area contributed by atoms with Crippen LogP contribution in [0.2, 0.25) is 0 Å². The highest BCUT2D eigenvalue weighted by Crippen LogP contribution is 2.25. The molecule has 1 unspecified atom stereocenters. The Morgan fingerprint density at radius 2 is 1.94 bits per heavy atom. The van der Waals surface area contributed by atoms with Crippen LogP contribution >= 0.6 is 0 Å². The third kappa shape index (κ3) is 4.73. The van der Waals surface area contributed by atoms with E-state index in [1.807, 2.05) is 0 Å². The Kier molecular flexibility index (Phi) is 6.18. The molecule has 1 fully saturated rings. The number of fused-ring (bicyclic) bond motifs is 1. The topological polar surface area (TPSA) is 115 Å². The minimum Gasteiger partial charge on any atom is -0.359 e. The number of anilines is 1. The Hall–Kier alpha value is -3.83. The average molecular weight is 496 g/mol. The van der Waals surface area contributed by atoms with Gasteiger partial charge in [-0.3, -0.25) is 4.79 Å². The molecule has 1 atom stereocenters. The van der Waals surface area contributed by atoms with Crippen LogP contribution in [0.1, 0.15) is 29.6 Å². The van der Waals surface area contributed by atoms with Crippen LogP contribution in [0.4, 0.5) is 10.2 Å². The molecule has 1 aliphatic rings. The minimum absolute atomic E-state index is 0.00676. The predicted octanol–water partition coefficient (Wildman–Crippen LogP) is 3.73. The molecule has 180 valence electrons. The molecule has 0 aliphatic carbocycles. The fourth-order valence-corrected chi connectivity index (χ4v) is 5.23. The summed E-state index contributed by atoms with van der Waals surface area (Å²) in [7, 11) is -3.92. The third-order valence-corrected chi connectivity index (χ3v) is 7.44. The molecule has 0 spiro atoms. The van der Waals surface area contributed by atoms with Crippen LogP contribution in [0.15, 0.2) is 76.8 Å². The molecule has 0 saturated carbocycles. The number of pyridine rings is 1. The van der Waals surface area contributed by atoms with E-state index in [1.165, 1.54) is 47.4 Å². The maximum absolute atomic E-state index is 13.6. The van der Waals surface area contributed by atoms with Gasteiger partial charge in [0.25, 0.3) is 5.91 Å². The van der Waals surface area contributed by atoms with E-state index in [9.17, 15) is 17.6 Å². The van der Waals surface area contributed by atoms with E-state index in [2.05, 4.69) is 20.8 Å². The van der Waals surface area contributed by atoms with Crippen LogP contribution in [0.5, 0.6) is 0 Å². The van der Waals surface area contributed by atoms with Crippen molar-refractivity contribution >= 4 is 32.5 Å². The number of aromatic nitrogens is 3. The van der Waals surface area contributed by atoms with Crippen LogP contribution in [-0.4, -0.2) is 42.0 Å². The van der Waals surface area contributed by atoms with Gasteiger partial charge in [0.1, 0.15) is 17.9 Å². The van der Waals surface area contributed by atoms with Crippen molar-refractivity contribution in [2.24, 2.45) is 0 Å². The number of hydrogen-bond donors (Lipinski definition) is 2. The molecule has 3 heterocycles. The largest absolute Gasteiger partial charge is 0.359 e. The summed E-state index contributed by atoms with van der Waals surface area (Å²) >= 11 is 0. The van der Waals surface area contributed by atoms with E-state index in [1.54, 1.807) is 18.3 Å². The Morgan fingerprint density at radius 3 is 2.74 bits per heavy atom. The lowest BCUT2D eigenvalue weighted by Gasteiger charge is -2.24. The number of halogens is 1. The van der Waals surface area contributed by atoms with E-state index in [0.717, 1.165) is 25.3 Å². The molecule has 35 heavy (non-hydrogen) atoms. The molecule has 1 saturated heterocycles. The van der Waals surface area contributed by atoms with Crippen molar-refractivity contribution in [3.63, 3.8) is 0 Å². The summed E-state index contributed by atoms with van der Waals surface area (Å²) in [4.78, 5) is 18.4. The second-order valence-electron chi connectivity index (χ2n) is 8.08. The summed E-state index contributed by atoms with van der Waals surface area (Å²) in [5.74, 6) is -0.684. The molecule has 2 aromatic carbocycles. The fourth-order valence-electron chi connectivity index (χ4n) is 3.90. The van der Waals surface area contributed by atoms with Crippen molar-refractivity contribution in [1.82, 2.24) is 14.9 Å². The zero-order valence-electron chi connectivity index (χ0n) is 18.5. The smallest absolute Gasteiger partial charge is 0.275 e. The first-order valence-corrected chi connectivity index (χ1v) is 12.5. The summed E-state index contributed by atoms with van der Waals surface area (Å²) in [6.45, 7) is 0.655. The third-order valence-electron chi connectivity index (χ3n) is 5.69. The van der Waals surface area contributed by atoms with Crippen molar-refractivity contribution in [2.75, 3.05) is 17.3 Å². The number of nitrogens with one attached hydrogen (secondary N) is 2. The molecule has 0 bridgehead atoms. The summed E-state index contributed by atoms with van der Waals surface area (Å²) < 4.78 is 45.1. The number of rotatable bonds is 6. The molecule has 11 heteroatoms. The van der Waals surface area contributed by atoms with E-state index in [0.29, 0.717) is 28.9 Å². The first-order valence-electron chi connectivity index (χ1n) is 11.0. The lowest BCUT2D eigenvalue weighted by Crippen LogP contribution is -2.30. The normalized spacial score (nSPS) is 16.2. The number of carbonyl (C=O) groups excluding carboxylic acids is 1. The molecule has 2 aromatic heterocycles. The van der Waals surface area contributed by atoms with E-state index < -0.39 is 21.6 Å². The van der Waals surface area contributed by atoms with Crippen molar-refractivity contribution in [3.8, 4) is 0 Å². The van der Waals surface area contributed by atoms with E-state index >= 15 is 0 Å². The molecular formula is C24H22FN5O4S. The standard InChI is InChI=1S/C24H22FN5O4S/c25-17-5-3-6-18(14-17)35(32,33)19-9-10-21-16(13-19)15-27-30(21)29-24(31)20-7-4-11-26-23(20)28-22-8-1-2-12-34-22/h3-7,9-11,13-15,22H,1-2,8,12H2,(H,26,28)(H,29,31). The van der Waals surface area contributed by atoms with Gasteiger partial charge in [-0.2, -0.15) is 9.89 Å². The lowest BCUT2D eigenvalue weighted by atomic mass is 10.2. The Labute approximate surface area is 200 Å². The van der Waals surface area contributed by atoms with Crippen molar-refractivity contribution in [2.45, 2.75) is 35.3 Å². The Morgan fingerprint density at radius 1 is 1.09 bits per heavy atom. The quantitative estimate of drug-likeness (QED) is 0.419. The molecule has 4 aromatic rings. The second kappa shape index (κ2) is 9.43. The SMILES string of the molecule is O=C(Nn1ncc2cc(S(=O)(=O)c3cccc(F)c3)ccc21)c1cccnc1NC1CCCCO1. The van der Waals surface area contributed by atoms with Crippen LogP contribution in [-0.2, 0) is 14.6 Å². The molecule has 1 amide bonds. The van der Waals surface area contributed by atoms with Crippen molar-refractivity contribution < 1.29 is 22.3 Å². The summed E-state index contributed by atoms with van der Waals surface area (Å²) in [6.07, 6.45) is 5.68. The average Bonchev–Trinajstić information content (AvgIpc) is 3.27. The van der Waals surface area contributed by atoms with Crippen LogP contribution in [0, 0.1) is 5.82 Å². The van der Waals surface area contributed by atoms with Gasteiger partial charge in [-0.25, -0.2) is 23.2 Å². The monoisotopic (exact) mass is 495 g/mol. The van der Waals surface area contributed by atoms with Gasteiger partial charge >= 0.3 is 0 Å². The molecule has 9 nitrogen and oxygen atoms in total. The molecular weight excluding hydrogens is 473 g/mol. The highest BCUT2D eigenvalue weighted by Gasteiger charge is 2.21. The van der Waals surface area contributed by atoms with Gasteiger partial charge in [0.2, 0.25) is 9.84 Å². The van der Waals surface area contributed by atoms with Gasteiger partial charge in [0, 0.05) is 18.2 Å². The van der Waals surface area contributed by atoms with E-state index in [-0.39, 0.29) is 16.0 Å². The fraction of sp³-hybridized carbons (Fsp3) is 0.208. The van der Waals surface area contributed by atoms with Gasteiger partial charge in [-0.15, -0.1) is 0 Å². The summed E-state index contributed by atoms with van der Waals surface area (Å²) in [5, 5.41) is 7.84. The first kappa shape index (κ1) is 22.9. The number of hydrogen-bond acceptors (Lipinski definition) is 7. The summed E-state index contributed by atoms with van der Waals surface area (Å²) in [5.41, 5.74) is 3.51.